The molecule has 0 saturated carbocycles. The topological polar surface area (TPSA) is 95.9 Å². The maximum atomic E-state index is 12.4. The zero-order valence-corrected chi connectivity index (χ0v) is 16.7. The molecule has 7 nitrogen and oxygen atoms in total. The summed E-state index contributed by atoms with van der Waals surface area (Å²) in [6.45, 7) is 6.65. The van der Waals surface area contributed by atoms with E-state index in [9.17, 15) is 19.5 Å². The number of aliphatic carboxylic acids is 1. The van der Waals surface area contributed by atoms with Crippen LogP contribution in [0.1, 0.15) is 39.7 Å². The fraction of sp³-hybridized carbons (Fsp3) is 0.550. The molecule has 0 unspecified atom stereocenters. The molecule has 27 heavy (non-hydrogen) atoms. The summed E-state index contributed by atoms with van der Waals surface area (Å²) in [4.78, 5) is 37.1. The number of nitrogens with zero attached hydrogens (tertiary/aromatic N) is 1. The third-order valence-corrected chi connectivity index (χ3v) is 3.85. The van der Waals surface area contributed by atoms with Crippen molar-refractivity contribution in [2.45, 2.75) is 58.2 Å². The van der Waals surface area contributed by atoms with E-state index in [1.807, 2.05) is 30.3 Å². The van der Waals surface area contributed by atoms with E-state index in [4.69, 9.17) is 4.74 Å². The number of carboxylic acids is 1. The average molecular weight is 378 g/mol. The number of hydrogen-bond donors (Lipinski definition) is 2. The quantitative estimate of drug-likeness (QED) is 0.637. The van der Waals surface area contributed by atoms with Crippen LogP contribution in [0.3, 0.4) is 0 Å². The molecule has 0 aliphatic carbocycles. The van der Waals surface area contributed by atoms with Crippen molar-refractivity contribution in [1.29, 1.82) is 0 Å². The fourth-order valence-corrected chi connectivity index (χ4v) is 2.58. The second kappa shape index (κ2) is 10.1. The summed E-state index contributed by atoms with van der Waals surface area (Å²) in [5, 5.41) is 12.3. The molecule has 0 aliphatic heterocycles. The Balaban J connectivity index is 2.58. The lowest BCUT2D eigenvalue weighted by Crippen LogP contribution is -2.51. The van der Waals surface area contributed by atoms with Crippen molar-refractivity contribution < 1.29 is 24.2 Å². The molecule has 0 saturated heterocycles. The van der Waals surface area contributed by atoms with Crippen molar-refractivity contribution in [3.63, 3.8) is 0 Å². The molecule has 7 heteroatoms. The van der Waals surface area contributed by atoms with E-state index in [1.54, 1.807) is 27.7 Å². The van der Waals surface area contributed by atoms with Gasteiger partial charge in [0.2, 0.25) is 5.91 Å². The van der Waals surface area contributed by atoms with Crippen LogP contribution in [0.4, 0.5) is 0 Å². The van der Waals surface area contributed by atoms with Crippen LogP contribution in [0.2, 0.25) is 0 Å². The van der Waals surface area contributed by atoms with Gasteiger partial charge in [-0.1, -0.05) is 30.3 Å². The van der Waals surface area contributed by atoms with Crippen molar-refractivity contribution >= 4 is 17.8 Å². The first-order valence-electron chi connectivity index (χ1n) is 8.99. The molecule has 0 aliphatic rings. The lowest BCUT2D eigenvalue weighted by molar-refractivity contribution is -0.158. The molecule has 1 amide bonds. The first-order valence-corrected chi connectivity index (χ1v) is 8.99. The Hall–Kier alpha value is -2.41. The van der Waals surface area contributed by atoms with E-state index in [0.717, 1.165) is 5.56 Å². The first kappa shape index (κ1) is 22.6. The predicted octanol–water partition coefficient (Wildman–Crippen LogP) is 1.85. The number of aryl methyl sites for hydroxylation is 1. The van der Waals surface area contributed by atoms with Crippen molar-refractivity contribution in [3.8, 4) is 0 Å². The van der Waals surface area contributed by atoms with E-state index >= 15 is 0 Å². The van der Waals surface area contributed by atoms with Crippen LogP contribution in [0.25, 0.3) is 0 Å². The molecule has 0 heterocycles. The van der Waals surface area contributed by atoms with Crippen LogP contribution < -0.4 is 5.32 Å². The Labute approximate surface area is 160 Å². The van der Waals surface area contributed by atoms with Gasteiger partial charge < -0.3 is 14.7 Å². The van der Waals surface area contributed by atoms with Gasteiger partial charge in [-0.15, -0.1) is 0 Å². The second-order valence-corrected chi connectivity index (χ2v) is 7.58. The van der Waals surface area contributed by atoms with Gasteiger partial charge in [-0.3, -0.25) is 19.7 Å². The Kier molecular flexibility index (Phi) is 8.43. The first-order chi connectivity index (χ1) is 12.5. The van der Waals surface area contributed by atoms with Gasteiger partial charge in [-0.25, -0.2) is 0 Å². The molecular weight excluding hydrogens is 348 g/mol. The number of carbonyl (C=O) groups is 3. The lowest BCUT2D eigenvalue weighted by atomic mass is 10.0. The van der Waals surface area contributed by atoms with Gasteiger partial charge in [-0.05, 0) is 46.1 Å². The Bertz CT molecular complexity index is 640. The highest BCUT2D eigenvalue weighted by molar-refractivity contribution is 5.86. The molecule has 2 atom stereocenters. The number of rotatable bonds is 9. The van der Waals surface area contributed by atoms with Gasteiger partial charge in [0.05, 0.1) is 6.04 Å². The van der Waals surface area contributed by atoms with E-state index in [2.05, 4.69) is 5.32 Å². The minimum absolute atomic E-state index is 0.191. The number of esters is 1. The SMILES string of the molecule is C[C@H](N[C@@H](CCc1ccccc1)C(=O)O)C(=O)N(C)CC(=O)OC(C)(C)C. The Morgan fingerprint density at radius 3 is 2.30 bits per heavy atom. The maximum Gasteiger partial charge on any atom is 0.326 e. The van der Waals surface area contributed by atoms with Crippen LogP contribution in [-0.4, -0.2) is 59.1 Å². The summed E-state index contributed by atoms with van der Waals surface area (Å²) in [5.41, 5.74) is 0.406. The Morgan fingerprint density at radius 1 is 1.19 bits per heavy atom. The molecule has 1 rings (SSSR count). The fourth-order valence-electron chi connectivity index (χ4n) is 2.58. The average Bonchev–Trinajstić information content (AvgIpc) is 2.56. The van der Waals surface area contributed by atoms with Gasteiger partial charge in [0.25, 0.3) is 0 Å². The number of carboxylic acid groups (broad SMARTS) is 1. The van der Waals surface area contributed by atoms with Crippen molar-refractivity contribution in [1.82, 2.24) is 10.2 Å². The largest absolute Gasteiger partial charge is 0.480 e. The normalized spacial score (nSPS) is 13.5. The number of amides is 1. The summed E-state index contributed by atoms with van der Waals surface area (Å²) in [7, 11) is 1.49. The van der Waals surface area contributed by atoms with E-state index in [1.165, 1.54) is 11.9 Å². The zero-order chi connectivity index (χ0) is 20.6. The minimum Gasteiger partial charge on any atom is -0.480 e. The highest BCUT2D eigenvalue weighted by Crippen LogP contribution is 2.09. The van der Waals surface area contributed by atoms with Crippen molar-refractivity contribution in [3.05, 3.63) is 35.9 Å². The van der Waals surface area contributed by atoms with Crippen LogP contribution in [0.15, 0.2) is 30.3 Å². The molecule has 0 bridgehead atoms. The number of benzene rings is 1. The molecule has 0 radical (unpaired) electrons. The number of likely N-dealkylation sites (N-methyl/N-ethyl adjacent to an activating group) is 1. The summed E-state index contributed by atoms with van der Waals surface area (Å²) in [5.74, 6) is -1.89. The third kappa shape index (κ3) is 8.68. The number of carbonyl (C=O) groups excluding carboxylic acids is 2. The van der Waals surface area contributed by atoms with Crippen molar-refractivity contribution in [2.75, 3.05) is 13.6 Å². The van der Waals surface area contributed by atoms with Gasteiger partial charge in [0.15, 0.2) is 0 Å². The van der Waals surface area contributed by atoms with Crippen LogP contribution in [0, 0.1) is 0 Å². The van der Waals surface area contributed by atoms with E-state index < -0.39 is 29.6 Å². The third-order valence-electron chi connectivity index (χ3n) is 3.85. The summed E-state index contributed by atoms with van der Waals surface area (Å²) >= 11 is 0. The zero-order valence-electron chi connectivity index (χ0n) is 16.7. The standard InChI is InChI=1S/C20H30N2O5/c1-14(18(24)22(5)13-17(23)27-20(2,3)4)21-16(19(25)26)12-11-15-9-7-6-8-10-15/h6-10,14,16,21H,11-13H2,1-5H3,(H,25,26)/t14-,16-/m0/s1. The second-order valence-electron chi connectivity index (χ2n) is 7.58. The van der Waals surface area contributed by atoms with Crippen LogP contribution in [-0.2, 0) is 25.5 Å². The van der Waals surface area contributed by atoms with E-state index in [-0.39, 0.29) is 12.5 Å². The predicted molar refractivity (Wildman–Crippen MR) is 102 cm³/mol. The summed E-state index contributed by atoms with van der Waals surface area (Å²) in [6.07, 6.45) is 0.937. The smallest absolute Gasteiger partial charge is 0.326 e. The summed E-state index contributed by atoms with van der Waals surface area (Å²) < 4.78 is 5.20. The van der Waals surface area contributed by atoms with Crippen molar-refractivity contribution in [2.24, 2.45) is 0 Å². The van der Waals surface area contributed by atoms with Gasteiger partial charge in [-0.2, -0.15) is 0 Å². The lowest BCUT2D eigenvalue weighted by Gasteiger charge is -2.26. The minimum atomic E-state index is -1.01. The monoisotopic (exact) mass is 378 g/mol. The van der Waals surface area contributed by atoms with Gasteiger partial charge >= 0.3 is 11.9 Å². The molecule has 1 aromatic rings. The summed E-state index contributed by atoms with van der Waals surface area (Å²) in [6, 6.07) is 7.96. The number of ether oxygens (including phenoxy) is 1. The maximum absolute atomic E-state index is 12.4. The van der Waals surface area contributed by atoms with E-state index in [0.29, 0.717) is 12.8 Å². The molecule has 1 aromatic carbocycles. The van der Waals surface area contributed by atoms with Gasteiger partial charge in [0, 0.05) is 7.05 Å². The molecule has 150 valence electrons. The highest BCUT2D eigenvalue weighted by atomic mass is 16.6. The van der Waals surface area contributed by atoms with Crippen LogP contribution >= 0.6 is 0 Å². The van der Waals surface area contributed by atoms with Crippen LogP contribution in [0.5, 0.6) is 0 Å². The molecule has 0 fully saturated rings. The highest BCUT2D eigenvalue weighted by Gasteiger charge is 2.26. The Morgan fingerprint density at radius 2 is 1.78 bits per heavy atom. The molecule has 0 aromatic heterocycles. The van der Waals surface area contributed by atoms with Gasteiger partial charge in [0.1, 0.15) is 18.2 Å². The molecule has 0 spiro atoms. The number of hydrogen-bond acceptors (Lipinski definition) is 5. The number of nitrogens with one attached hydrogen (secondary N) is 1. The molecular formula is C20H30N2O5. The molecule has 2 N–H and O–H groups in total.